The Morgan fingerprint density at radius 3 is 2.73 bits per heavy atom. The molecule has 1 saturated carbocycles. The third-order valence-electron chi connectivity index (χ3n) is 3.81. The van der Waals surface area contributed by atoms with E-state index in [1.807, 2.05) is 13.8 Å². The summed E-state index contributed by atoms with van der Waals surface area (Å²) in [5.41, 5.74) is 1.12. The van der Waals surface area contributed by atoms with Crippen LogP contribution in [0.2, 0.25) is 0 Å². The SMILES string of the molecule is CC(C)Nc1nc(C#N)cc2cnc(N[C@H]3C[C@@H](C)C3)nc12. The Hall–Kier alpha value is -2.42. The van der Waals surface area contributed by atoms with Crippen LogP contribution in [0, 0.1) is 17.2 Å². The molecular formula is C16H20N6. The first kappa shape index (κ1) is 14.5. The van der Waals surface area contributed by atoms with E-state index in [0.717, 1.165) is 29.7 Å². The van der Waals surface area contributed by atoms with E-state index in [2.05, 4.69) is 38.6 Å². The Bertz CT molecular complexity index is 727. The van der Waals surface area contributed by atoms with E-state index in [9.17, 15) is 0 Å². The van der Waals surface area contributed by atoms with Gasteiger partial charge in [0.25, 0.3) is 0 Å². The molecule has 22 heavy (non-hydrogen) atoms. The summed E-state index contributed by atoms with van der Waals surface area (Å²) < 4.78 is 0. The third kappa shape index (κ3) is 2.93. The first-order valence-electron chi connectivity index (χ1n) is 7.66. The number of hydrogen-bond acceptors (Lipinski definition) is 6. The van der Waals surface area contributed by atoms with E-state index in [4.69, 9.17) is 5.26 Å². The van der Waals surface area contributed by atoms with Crippen molar-refractivity contribution < 1.29 is 0 Å². The van der Waals surface area contributed by atoms with Crippen LogP contribution in [0.4, 0.5) is 11.8 Å². The first-order valence-corrected chi connectivity index (χ1v) is 7.66. The summed E-state index contributed by atoms with van der Waals surface area (Å²) in [7, 11) is 0. The van der Waals surface area contributed by atoms with E-state index in [1.165, 1.54) is 0 Å². The molecule has 0 unspecified atom stereocenters. The van der Waals surface area contributed by atoms with Crippen molar-refractivity contribution in [3.05, 3.63) is 18.0 Å². The van der Waals surface area contributed by atoms with Crippen LogP contribution in [0.3, 0.4) is 0 Å². The van der Waals surface area contributed by atoms with Gasteiger partial charge in [-0.05, 0) is 38.7 Å². The molecule has 114 valence electrons. The summed E-state index contributed by atoms with van der Waals surface area (Å²) >= 11 is 0. The summed E-state index contributed by atoms with van der Waals surface area (Å²) in [5, 5.41) is 16.5. The first-order chi connectivity index (χ1) is 10.5. The highest BCUT2D eigenvalue weighted by Gasteiger charge is 2.25. The molecule has 3 rings (SSSR count). The maximum Gasteiger partial charge on any atom is 0.223 e. The largest absolute Gasteiger partial charge is 0.366 e. The Balaban J connectivity index is 1.96. The number of fused-ring (bicyclic) bond motifs is 1. The van der Waals surface area contributed by atoms with Crippen molar-refractivity contribution in [2.45, 2.75) is 45.7 Å². The predicted molar refractivity (Wildman–Crippen MR) is 86.6 cm³/mol. The molecule has 0 bridgehead atoms. The highest BCUT2D eigenvalue weighted by atomic mass is 15.1. The van der Waals surface area contributed by atoms with E-state index in [0.29, 0.717) is 23.5 Å². The minimum Gasteiger partial charge on any atom is -0.366 e. The molecule has 0 radical (unpaired) electrons. The van der Waals surface area contributed by atoms with Gasteiger partial charge in [0, 0.05) is 23.7 Å². The van der Waals surface area contributed by atoms with Crippen LogP contribution in [-0.2, 0) is 0 Å². The number of anilines is 2. The molecule has 2 N–H and O–H groups in total. The lowest BCUT2D eigenvalue weighted by molar-refractivity contribution is 0.308. The lowest BCUT2D eigenvalue weighted by Gasteiger charge is -2.33. The smallest absolute Gasteiger partial charge is 0.223 e. The van der Waals surface area contributed by atoms with Gasteiger partial charge in [0.05, 0.1) is 0 Å². The standard InChI is InChI=1S/C16H20N6/c1-9(2)19-15-14-11(6-13(7-17)20-15)8-18-16(22-14)21-12-4-10(3)5-12/h6,8-10,12H,4-5H2,1-3H3,(H,19,20)(H,18,21,22)/t10-,12+. The summed E-state index contributed by atoms with van der Waals surface area (Å²) in [4.78, 5) is 13.3. The molecule has 0 aromatic carbocycles. The minimum absolute atomic E-state index is 0.212. The zero-order valence-electron chi connectivity index (χ0n) is 13.1. The number of aromatic nitrogens is 3. The van der Waals surface area contributed by atoms with Crippen molar-refractivity contribution in [1.82, 2.24) is 15.0 Å². The Kier molecular flexibility index (Phi) is 3.80. The molecule has 1 fully saturated rings. The molecule has 1 aliphatic rings. The highest BCUT2D eigenvalue weighted by Crippen LogP contribution is 2.29. The maximum atomic E-state index is 9.10. The zero-order chi connectivity index (χ0) is 15.7. The molecule has 0 atom stereocenters. The second-order valence-corrected chi connectivity index (χ2v) is 6.32. The number of pyridine rings is 1. The third-order valence-corrected chi connectivity index (χ3v) is 3.81. The number of rotatable bonds is 4. The predicted octanol–water partition coefficient (Wildman–Crippen LogP) is 2.93. The fraction of sp³-hybridized carbons (Fsp3) is 0.500. The molecule has 6 nitrogen and oxygen atoms in total. The van der Waals surface area contributed by atoms with Crippen LogP contribution in [0.5, 0.6) is 0 Å². The topological polar surface area (TPSA) is 86.5 Å². The van der Waals surface area contributed by atoms with Gasteiger partial charge >= 0.3 is 0 Å². The van der Waals surface area contributed by atoms with Gasteiger partial charge in [-0.2, -0.15) is 5.26 Å². The fourth-order valence-corrected chi connectivity index (χ4v) is 2.74. The van der Waals surface area contributed by atoms with Crippen molar-refractivity contribution in [1.29, 1.82) is 5.26 Å². The van der Waals surface area contributed by atoms with E-state index in [1.54, 1.807) is 12.3 Å². The van der Waals surface area contributed by atoms with Gasteiger partial charge in [-0.15, -0.1) is 0 Å². The average molecular weight is 296 g/mol. The molecule has 6 heteroatoms. The Morgan fingerprint density at radius 1 is 1.32 bits per heavy atom. The van der Waals surface area contributed by atoms with Gasteiger partial charge in [0.1, 0.15) is 17.3 Å². The van der Waals surface area contributed by atoms with Gasteiger partial charge in [0.2, 0.25) is 5.95 Å². The number of nitrogens with zero attached hydrogens (tertiary/aromatic N) is 4. The second kappa shape index (κ2) is 5.76. The van der Waals surface area contributed by atoms with Crippen molar-refractivity contribution in [2.24, 2.45) is 5.92 Å². The highest BCUT2D eigenvalue weighted by molar-refractivity contribution is 5.89. The number of nitriles is 1. The lowest BCUT2D eigenvalue weighted by atomic mass is 9.82. The van der Waals surface area contributed by atoms with Gasteiger partial charge in [0.15, 0.2) is 5.82 Å². The lowest BCUT2D eigenvalue weighted by Crippen LogP contribution is -2.34. The average Bonchev–Trinajstić information content (AvgIpc) is 2.45. The van der Waals surface area contributed by atoms with Gasteiger partial charge in [-0.25, -0.2) is 15.0 Å². The van der Waals surface area contributed by atoms with Gasteiger partial charge < -0.3 is 10.6 Å². The van der Waals surface area contributed by atoms with E-state index in [-0.39, 0.29) is 6.04 Å². The minimum atomic E-state index is 0.212. The van der Waals surface area contributed by atoms with Crippen molar-refractivity contribution in [3.8, 4) is 6.07 Å². The van der Waals surface area contributed by atoms with Gasteiger partial charge in [-0.3, -0.25) is 0 Å². The second-order valence-electron chi connectivity index (χ2n) is 6.32. The maximum absolute atomic E-state index is 9.10. The summed E-state index contributed by atoms with van der Waals surface area (Å²) in [5.74, 6) is 2.04. The van der Waals surface area contributed by atoms with Crippen LogP contribution in [0.1, 0.15) is 39.3 Å². The van der Waals surface area contributed by atoms with Crippen LogP contribution in [0.25, 0.3) is 10.9 Å². The molecule has 0 spiro atoms. The van der Waals surface area contributed by atoms with Crippen LogP contribution in [0.15, 0.2) is 12.3 Å². The summed E-state index contributed by atoms with van der Waals surface area (Å²) in [6.07, 6.45) is 4.06. The Labute approximate surface area is 130 Å². The van der Waals surface area contributed by atoms with E-state index < -0.39 is 0 Å². The van der Waals surface area contributed by atoms with Gasteiger partial charge in [-0.1, -0.05) is 6.92 Å². The van der Waals surface area contributed by atoms with Crippen LogP contribution >= 0.6 is 0 Å². The molecule has 0 amide bonds. The molecule has 2 aromatic heterocycles. The van der Waals surface area contributed by atoms with Crippen molar-refractivity contribution in [3.63, 3.8) is 0 Å². The van der Waals surface area contributed by atoms with Crippen molar-refractivity contribution in [2.75, 3.05) is 10.6 Å². The summed E-state index contributed by atoms with van der Waals surface area (Å²) in [6.45, 7) is 6.31. The van der Waals surface area contributed by atoms with E-state index >= 15 is 0 Å². The monoisotopic (exact) mass is 296 g/mol. The zero-order valence-corrected chi connectivity index (χ0v) is 13.1. The quantitative estimate of drug-likeness (QED) is 0.902. The molecule has 1 aliphatic carbocycles. The molecule has 2 aromatic rings. The molecular weight excluding hydrogens is 276 g/mol. The molecule has 2 heterocycles. The molecule has 0 aliphatic heterocycles. The Morgan fingerprint density at radius 2 is 2.09 bits per heavy atom. The summed E-state index contributed by atoms with van der Waals surface area (Å²) in [6, 6.07) is 4.47. The fourth-order valence-electron chi connectivity index (χ4n) is 2.74. The van der Waals surface area contributed by atoms with Crippen molar-refractivity contribution >= 4 is 22.7 Å². The van der Waals surface area contributed by atoms with Crippen LogP contribution < -0.4 is 10.6 Å². The van der Waals surface area contributed by atoms with Crippen LogP contribution in [-0.4, -0.2) is 27.0 Å². The normalized spacial score (nSPS) is 20.5. The number of hydrogen-bond donors (Lipinski definition) is 2. The number of nitrogens with one attached hydrogen (secondary N) is 2. The molecule has 0 saturated heterocycles.